The van der Waals surface area contributed by atoms with E-state index in [1.54, 1.807) is 5.57 Å². The van der Waals surface area contributed by atoms with Crippen molar-refractivity contribution in [1.29, 1.82) is 0 Å². The summed E-state index contributed by atoms with van der Waals surface area (Å²) in [5.41, 5.74) is 7.65. The molecule has 0 aromatic rings. The first kappa shape index (κ1) is 13.1. The van der Waals surface area contributed by atoms with E-state index in [1.807, 2.05) is 0 Å². The molecule has 0 spiro atoms. The molecule has 2 nitrogen and oxygen atoms in total. The molecule has 0 bridgehead atoms. The molecule has 1 aliphatic carbocycles. The minimum Gasteiger partial charge on any atom is -0.328 e. The van der Waals surface area contributed by atoms with Gasteiger partial charge >= 0.3 is 0 Å². The second-order valence-electron chi connectivity index (χ2n) is 5.78. The van der Waals surface area contributed by atoms with Crippen molar-refractivity contribution in [3.05, 3.63) is 11.6 Å². The Balaban J connectivity index is 1.78. The predicted octanol–water partition coefficient (Wildman–Crippen LogP) is 3.08. The lowest BCUT2D eigenvalue weighted by Gasteiger charge is -2.30. The summed E-state index contributed by atoms with van der Waals surface area (Å²) in [4.78, 5) is 2.60. The van der Waals surface area contributed by atoms with Gasteiger partial charge in [-0.3, -0.25) is 4.90 Å². The zero-order chi connectivity index (χ0) is 11.9. The first-order valence-electron chi connectivity index (χ1n) is 7.50. The van der Waals surface area contributed by atoms with Crippen molar-refractivity contribution in [1.82, 2.24) is 4.90 Å². The molecule has 0 atom stereocenters. The van der Waals surface area contributed by atoms with Crippen molar-refractivity contribution in [3.8, 4) is 0 Å². The van der Waals surface area contributed by atoms with Gasteiger partial charge in [-0.1, -0.05) is 30.9 Å². The topological polar surface area (TPSA) is 29.3 Å². The molecule has 0 saturated carbocycles. The number of rotatable bonds is 2. The number of hydrogen-bond donors (Lipinski definition) is 1. The van der Waals surface area contributed by atoms with Gasteiger partial charge in [-0.05, 0) is 51.6 Å². The molecular weight excluding hydrogens is 208 g/mol. The number of hydrogen-bond acceptors (Lipinski definition) is 2. The second kappa shape index (κ2) is 7.17. The van der Waals surface area contributed by atoms with Crippen LogP contribution < -0.4 is 5.73 Å². The second-order valence-corrected chi connectivity index (χ2v) is 5.78. The largest absolute Gasteiger partial charge is 0.328 e. The van der Waals surface area contributed by atoms with E-state index in [9.17, 15) is 0 Å². The van der Waals surface area contributed by atoms with Crippen LogP contribution in [0, 0.1) is 0 Å². The third-order valence-corrected chi connectivity index (χ3v) is 4.19. The average molecular weight is 236 g/mol. The van der Waals surface area contributed by atoms with Crippen LogP contribution in [0.3, 0.4) is 0 Å². The van der Waals surface area contributed by atoms with E-state index in [0.717, 1.165) is 0 Å². The molecule has 2 N–H and O–H groups in total. The van der Waals surface area contributed by atoms with Crippen LogP contribution >= 0.6 is 0 Å². The standard InChI is InChI=1S/C15H28N2/c16-15-9-11-17(12-10-15)13-14-7-5-3-1-2-4-6-8-14/h7,15H,1-6,8-13,16H2/b14-7+. The zero-order valence-corrected chi connectivity index (χ0v) is 11.2. The third-order valence-electron chi connectivity index (χ3n) is 4.19. The molecule has 2 heteroatoms. The van der Waals surface area contributed by atoms with Gasteiger partial charge in [0.2, 0.25) is 0 Å². The number of nitrogens with two attached hydrogens (primary N) is 1. The number of nitrogens with zero attached hydrogens (tertiary/aromatic N) is 1. The van der Waals surface area contributed by atoms with Gasteiger partial charge < -0.3 is 5.73 Å². The monoisotopic (exact) mass is 236 g/mol. The molecule has 2 rings (SSSR count). The van der Waals surface area contributed by atoms with Crippen molar-refractivity contribution >= 4 is 0 Å². The van der Waals surface area contributed by atoms with Crippen LogP contribution in [0.25, 0.3) is 0 Å². The predicted molar refractivity (Wildman–Crippen MR) is 74.1 cm³/mol. The quantitative estimate of drug-likeness (QED) is 0.747. The van der Waals surface area contributed by atoms with E-state index < -0.39 is 0 Å². The fourth-order valence-corrected chi connectivity index (χ4v) is 2.98. The molecule has 0 aromatic heterocycles. The molecule has 1 fully saturated rings. The smallest absolute Gasteiger partial charge is 0.0192 e. The van der Waals surface area contributed by atoms with Gasteiger partial charge in [0.25, 0.3) is 0 Å². The van der Waals surface area contributed by atoms with Crippen LogP contribution in [-0.2, 0) is 0 Å². The van der Waals surface area contributed by atoms with Gasteiger partial charge in [0.15, 0.2) is 0 Å². The molecule has 98 valence electrons. The van der Waals surface area contributed by atoms with Gasteiger partial charge in [-0.15, -0.1) is 0 Å². The normalized spacial score (nSPS) is 28.9. The maximum atomic E-state index is 5.96. The molecule has 0 amide bonds. The van der Waals surface area contributed by atoms with Crippen molar-refractivity contribution in [3.63, 3.8) is 0 Å². The molecule has 1 aliphatic heterocycles. The minimum absolute atomic E-state index is 0.459. The van der Waals surface area contributed by atoms with Crippen LogP contribution in [-0.4, -0.2) is 30.6 Å². The summed E-state index contributed by atoms with van der Waals surface area (Å²) in [5, 5.41) is 0. The van der Waals surface area contributed by atoms with E-state index in [1.165, 1.54) is 77.4 Å². The maximum absolute atomic E-state index is 5.96. The van der Waals surface area contributed by atoms with Gasteiger partial charge in [0.1, 0.15) is 0 Å². The Morgan fingerprint density at radius 1 is 1.06 bits per heavy atom. The van der Waals surface area contributed by atoms with Crippen molar-refractivity contribution in [2.45, 2.75) is 63.8 Å². The zero-order valence-electron chi connectivity index (χ0n) is 11.2. The fourth-order valence-electron chi connectivity index (χ4n) is 2.98. The first-order valence-corrected chi connectivity index (χ1v) is 7.50. The number of allylic oxidation sites excluding steroid dienone is 1. The summed E-state index contributed by atoms with van der Waals surface area (Å²) < 4.78 is 0. The third kappa shape index (κ3) is 4.81. The van der Waals surface area contributed by atoms with E-state index in [2.05, 4.69) is 11.0 Å². The minimum atomic E-state index is 0.459. The summed E-state index contributed by atoms with van der Waals surface area (Å²) >= 11 is 0. The van der Waals surface area contributed by atoms with E-state index >= 15 is 0 Å². The van der Waals surface area contributed by atoms with Crippen molar-refractivity contribution in [2.24, 2.45) is 5.73 Å². The van der Waals surface area contributed by atoms with E-state index in [-0.39, 0.29) is 0 Å². The Bertz CT molecular complexity index is 239. The van der Waals surface area contributed by atoms with Crippen molar-refractivity contribution in [2.75, 3.05) is 19.6 Å². The van der Waals surface area contributed by atoms with Crippen LogP contribution in [0.1, 0.15) is 57.8 Å². The highest BCUT2D eigenvalue weighted by atomic mass is 15.1. The van der Waals surface area contributed by atoms with E-state index in [4.69, 9.17) is 5.73 Å². The Morgan fingerprint density at radius 3 is 2.59 bits per heavy atom. The Labute approximate surface area is 106 Å². The van der Waals surface area contributed by atoms with Crippen LogP contribution in [0.5, 0.6) is 0 Å². The van der Waals surface area contributed by atoms with Crippen molar-refractivity contribution < 1.29 is 0 Å². The molecule has 1 heterocycles. The first-order chi connectivity index (χ1) is 8.34. The Kier molecular flexibility index (Phi) is 5.53. The van der Waals surface area contributed by atoms with Crippen LogP contribution in [0.4, 0.5) is 0 Å². The highest BCUT2D eigenvalue weighted by Crippen LogP contribution is 2.19. The fraction of sp³-hybridized carbons (Fsp3) is 0.867. The SMILES string of the molecule is NC1CCN(C/C2=C/CCCCCCC2)CC1. The molecule has 0 unspecified atom stereocenters. The summed E-state index contributed by atoms with van der Waals surface area (Å²) in [6.07, 6.45) is 14.7. The molecule has 2 aliphatic rings. The highest BCUT2D eigenvalue weighted by molar-refractivity contribution is 5.05. The highest BCUT2D eigenvalue weighted by Gasteiger charge is 2.16. The summed E-state index contributed by atoms with van der Waals surface area (Å²) in [6.45, 7) is 3.63. The summed E-state index contributed by atoms with van der Waals surface area (Å²) in [5.74, 6) is 0. The van der Waals surface area contributed by atoms with Gasteiger partial charge in [0, 0.05) is 12.6 Å². The molecule has 1 saturated heterocycles. The van der Waals surface area contributed by atoms with E-state index in [0.29, 0.717) is 6.04 Å². The number of piperidine rings is 1. The molecule has 0 aromatic carbocycles. The molecular formula is C15H28N2. The summed E-state index contributed by atoms with van der Waals surface area (Å²) in [7, 11) is 0. The lowest BCUT2D eigenvalue weighted by Crippen LogP contribution is -2.40. The van der Waals surface area contributed by atoms with Gasteiger partial charge in [-0.25, -0.2) is 0 Å². The summed E-state index contributed by atoms with van der Waals surface area (Å²) in [6, 6.07) is 0.459. The molecule has 17 heavy (non-hydrogen) atoms. The Morgan fingerprint density at radius 2 is 1.76 bits per heavy atom. The lowest BCUT2D eigenvalue weighted by molar-refractivity contribution is 0.227. The lowest BCUT2D eigenvalue weighted by atomic mass is 10.0. The Hall–Kier alpha value is -0.340. The van der Waals surface area contributed by atoms with Crippen LogP contribution in [0.2, 0.25) is 0 Å². The molecule has 0 radical (unpaired) electrons. The van der Waals surface area contributed by atoms with Crippen LogP contribution in [0.15, 0.2) is 11.6 Å². The average Bonchev–Trinajstić information content (AvgIpc) is 2.46. The van der Waals surface area contributed by atoms with Gasteiger partial charge in [0.05, 0.1) is 0 Å². The maximum Gasteiger partial charge on any atom is 0.0192 e. The number of likely N-dealkylation sites (tertiary alicyclic amines) is 1. The van der Waals surface area contributed by atoms with Gasteiger partial charge in [-0.2, -0.15) is 0 Å².